The van der Waals surface area contributed by atoms with Gasteiger partial charge in [-0.25, -0.2) is 0 Å². The van der Waals surface area contributed by atoms with E-state index >= 15 is 0 Å². The van der Waals surface area contributed by atoms with Crippen LogP contribution in [-0.2, 0) is 23.2 Å². The summed E-state index contributed by atoms with van der Waals surface area (Å²) in [6.45, 7) is 0.604. The van der Waals surface area contributed by atoms with Gasteiger partial charge in [-0.2, -0.15) is 0 Å². The fraction of sp³-hybridized carbons (Fsp3) is 0.238. The molecule has 0 bridgehead atoms. The molecule has 3 heterocycles. The minimum atomic E-state index is -0.964. The first kappa shape index (κ1) is 18.7. The Bertz CT molecular complexity index is 842. The Hall–Kier alpha value is -3.12. The number of rotatable bonds is 9. The largest absolute Gasteiger partial charge is 0.368 e. The fourth-order valence-corrected chi connectivity index (χ4v) is 3.17. The van der Waals surface area contributed by atoms with Crippen molar-refractivity contribution in [1.29, 1.82) is 0 Å². The molecular weight excluding hydrogens is 338 g/mol. The Labute approximate surface area is 158 Å². The molecule has 3 rings (SSSR count). The zero-order valence-corrected chi connectivity index (χ0v) is 15.1. The quantitative estimate of drug-likeness (QED) is 0.608. The zero-order chi connectivity index (χ0) is 19.0. The van der Waals surface area contributed by atoms with Gasteiger partial charge in [-0.3, -0.25) is 25.1 Å². The third-order valence-corrected chi connectivity index (χ3v) is 4.70. The van der Waals surface area contributed by atoms with Gasteiger partial charge in [0.1, 0.15) is 5.54 Å². The lowest BCUT2D eigenvalue weighted by molar-refractivity contribution is -0.125. The van der Waals surface area contributed by atoms with Crippen molar-refractivity contribution in [3.8, 4) is 0 Å². The Morgan fingerprint density at radius 1 is 0.889 bits per heavy atom. The topological polar surface area (TPSA) is 93.8 Å². The maximum atomic E-state index is 12.6. The average Bonchev–Trinajstić information content (AvgIpc) is 2.72. The smallest absolute Gasteiger partial charge is 0.242 e. The van der Waals surface area contributed by atoms with Gasteiger partial charge in [0, 0.05) is 43.7 Å². The van der Waals surface area contributed by atoms with Crippen LogP contribution in [0.3, 0.4) is 0 Å². The van der Waals surface area contributed by atoms with E-state index in [0.717, 1.165) is 23.1 Å². The molecule has 138 valence electrons. The van der Waals surface area contributed by atoms with Crippen molar-refractivity contribution in [2.45, 2.75) is 24.8 Å². The zero-order valence-electron chi connectivity index (χ0n) is 15.1. The number of aromatic nitrogens is 3. The van der Waals surface area contributed by atoms with Crippen molar-refractivity contribution in [3.63, 3.8) is 0 Å². The molecule has 0 fully saturated rings. The number of carbonyl (C=O) groups is 1. The molecule has 0 radical (unpaired) electrons. The molecule has 6 nitrogen and oxygen atoms in total. The number of hydrogen-bond donors (Lipinski definition) is 2. The number of primary amides is 1. The van der Waals surface area contributed by atoms with E-state index in [9.17, 15) is 4.79 Å². The number of amides is 1. The monoisotopic (exact) mass is 361 g/mol. The van der Waals surface area contributed by atoms with Crippen LogP contribution in [0.2, 0.25) is 0 Å². The standard InChI is InChI=1S/C21H23N5O/c22-20(27)21(19-7-13-24-14-8-19,9-3-17-4-11-23-12-5-17)26-15-6-18-2-1-10-25-16-18/h1-2,4-5,7-8,10-14,16,26H,3,6,9,15H2,(H2,22,27). The Kier molecular flexibility index (Phi) is 6.22. The minimum Gasteiger partial charge on any atom is -0.368 e. The van der Waals surface area contributed by atoms with Gasteiger partial charge in [-0.1, -0.05) is 6.07 Å². The number of carbonyl (C=O) groups excluding carboxylic acids is 1. The second kappa shape index (κ2) is 9.00. The lowest BCUT2D eigenvalue weighted by Crippen LogP contribution is -2.53. The summed E-state index contributed by atoms with van der Waals surface area (Å²) >= 11 is 0. The normalized spacial score (nSPS) is 13.0. The van der Waals surface area contributed by atoms with Crippen molar-refractivity contribution in [1.82, 2.24) is 20.3 Å². The summed E-state index contributed by atoms with van der Waals surface area (Å²) < 4.78 is 0. The molecular formula is C21H23N5O. The van der Waals surface area contributed by atoms with Crippen LogP contribution in [-0.4, -0.2) is 27.4 Å². The van der Waals surface area contributed by atoms with Crippen molar-refractivity contribution in [2.24, 2.45) is 5.73 Å². The lowest BCUT2D eigenvalue weighted by atomic mass is 9.83. The molecule has 0 saturated carbocycles. The van der Waals surface area contributed by atoms with E-state index in [1.54, 1.807) is 31.0 Å². The second-order valence-corrected chi connectivity index (χ2v) is 6.40. The molecule has 0 aromatic carbocycles. The van der Waals surface area contributed by atoms with Crippen molar-refractivity contribution in [2.75, 3.05) is 6.54 Å². The first-order valence-corrected chi connectivity index (χ1v) is 8.94. The molecule has 1 unspecified atom stereocenters. The van der Waals surface area contributed by atoms with Crippen LogP contribution in [0.4, 0.5) is 0 Å². The molecule has 3 aromatic heterocycles. The Morgan fingerprint density at radius 3 is 2.22 bits per heavy atom. The van der Waals surface area contributed by atoms with Gasteiger partial charge >= 0.3 is 0 Å². The average molecular weight is 361 g/mol. The highest BCUT2D eigenvalue weighted by molar-refractivity contribution is 5.86. The molecule has 0 spiro atoms. The molecule has 27 heavy (non-hydrogen) atoms. The predicted octanol–water partition coefficient (Wildman–Crippen LogP) is 2.02. The highest BCUT2D eigenvalue weighted by Gasteiger charge is 2.37. The van der Waals surface area contributed by atoms with Crippen LogP contribution in [0.1, 0.15) is 23.1 Å². The van der Waals surface area contributed by atoms with Crippen molar-refractivity contribution < 1.29 is 4.79 Å². The minimum absolute atomic E-state index is 0.394. The number of aryl methyl sites for hydroxylation is 1. The van der Waals surface area contributed by atoms with Crippen LogP contribution in [0.15, 0.2) is 73.6 Å². The molecule has 3 N–H and O–H groups in total. The van der Waals surface area contributed by atoms with E-state index in [4.69, 9.17) is 5.73 Å². The van der Waals surface area contributed by atoms with Gasteiger partial charge in [0.2, 0.25) is 5.91 Å². The van der Waals surface area contributed by atoms with Gasteiger partial charge < -0.3 is 5.73 Å². The summed E-state index contributed by atoms with van der Waals surface area (Å²) in [5, 5.41) is 3.42. The predicted molar refractivity (Wildman–Crippen MR) is 104 cm³/mol. The summed E-state index contributed by atoms with van der Waals surface area (Å²) in [7, 11) is 0. The number of pyridine rings is 3. The van der Waals surface area contributed by atoms with Crippen molar-refractivity contribution in [3.05, 3.63) is 90.3 Å². The van der Waals surface area contributed by atoms with Gasteiger partial charge in [-0.15, -0.1) is 0 Å². The highest BCUT2D eigenvalue weighted by atomic mass is 16.1. The highest BCUT2D eigenvalue weighted by Crippen LogP contribution is 2.26. The van der Waals surface area contributed by atoms with Gasteiger partial charge in [0.15, 0.2) is 0 Å². The van der Waals surface area contributed by atoms with Crippen LogP contribution in [0.5, 0.6) is 0 Å². The molecule has 0 aliphatic rings. The Morgan fingerprint density at radius 2 is 1.59 bits per heavy atom. The lowest BCUT2D eigenvalue weighted by Gasteiger charge is -2.32. The first-order chi connectivity index (χ1) is 13.2. The molecule has 0 aliphatic heterocycles. The van der Waals surface area contributed by atoms with E-state index in [1.165, 1.54) is 0 Å². The fourth-order valence-electron chi connectivity index (χ4n) is 3.17. The molecule has 6 heteroatoms. The number of nitrogens with zero attached hydrogens (tertiary/aromatic N) is 3. The van der Waals surface area contributed by atoms with Crippen LogP contribution in [0.25, 0.3) is 0 Å². The number of hydrogen-bond acceptors (Lipinski definition) is 5. The van der Waals surface area contributed by atoms with Crippen LogP contribution >= 0.6 is 0 Å². The summed E-state index contributed by atoms with van der Waals surface area (Å²) in [5.41, 5.74) is 7.98. The van der Waals surface area contributed by atoms with Crippen LogP contribution < -0.4 is 11.1 Å². The maximum Gasteiger partial charge on any atom is 0.242 e. The third-order valence-electron chi connectivity index (χ3n) is 4.70. The van der Waals surface area contributed by atoms with E-state index < -0.39 is 11.4 Å². The summed E-state index contributed by atoms with van der Waals surface area (Å²) in [4.78, 5) is 24.8. The van der Waals surface area contributed by atoms with Gasteiger partial charge in [0.05, 0.1) is 0 Å². The number of nitrogens with two attached hydrogens (primary N) is 1. The SMILES string of the molecule is NC(=O)C(CCc1ccncc1)(NCCc1cccnc1)c1ccncc1. The third kappa shape index (κ3) is 4.74. The van der Waals surface area contributed by atoms with Crippen LogP contribution in [0, 0.1) is 0 Å². The van der Waals surface area contributed by atoms with Gasteiger partial charge in [-0.05, 0) is 66.3 Å². The van der Waals surface area contributed by atoms with E-state index in [0.29, 0.717) is 19.4 Å². The summed E-state index contributed by atoms with van der Waals surface area (Å²) in [5.74, 6) is -0.394. The van der Waals surface area contributed by atoms with Crippen molar-refractivity contribution >= 4 is 5.91 Å². The first-order valence-electron chi connectivity index (χ1n) is 8.94. The molecule has 1 atom stereocenters. The molecule has 0 aliphatic carbocycles. The van der Waals surface area contributed by atoms with E-state index in [2.05, 4.69) is 20.3 Å². The van der Waals surface area contributed by atoms with E-state index in [1.807, 2.05) is 42.6 Å². The van der Waals surface area contributed by atoms with E-state index in [-0.39, 0.29) is 0 Å². The summed E-state index contributed by atoms with van der Waals surface area (Å²) in [6.07, 6.45) is 12.4. The Balaban J connectivity index is 1.81. The number of nitrogens with one attached hydrogen (secondary N) is 1. The molecule has 1 amide bonds. The molecule has 0 saturated heterocycles. The van der Waals surface area contributed by atoms with Gasteiger partial charge in [0.25, 0.3) is 0 Å². The maximum absolute atomic E-state index is 12.6. The summed E-state index contributed by atoms with van der Waals surface area (Å²) in [6, 6.07) is 11.5. The second-order valence-electron chi connectivity index (χ2n) is 6.40. The molecule has 3 aromatic rings.